The molecule has 0 radical (unpaired) electrons. The number of hydrogen-bond donors (Lipinski definition) is 2. The molecule has 0 saturated heterocycles. The second-order valence-electron chi connectivity index (χ2n) is 6.66. The number of aromatic nitrogens is 2. The second kappa shape index (κ2) is 7.99. The molecule has 0 bridgehead atoms. The van der Waals surface area contributed by atoms with Crippen molar-refractivity contribution in [3.63, 3.8) is 0 Å². The quantitative estimate of drug-likeness (QED) is 0.797. The predicted molar refractivity (Wildman–Crippen MR) is 101 cm³/mol. The van der Waals surface area contributed by atoms with Gasteiger partial charge in [0.05, 0.1) is 0 Å². The number of nitrogens with one attached hydrogen (secondary N) is 2. The molecule has 1 saturated carbocycles. The van der Waals surface area contributed by atoms with Crippen LogP contribution in [0.3, 0.4) is 0 Å². The lowest BCUT2D eigenvalue weighted by Crippen LogP contribution is -2.19. The zero-order chi connectivity index (χ0) is 16.8. The van der Waals surface area contributed by atoms with E-state index in [9.17, 15) is 0 Å². The first-order valence-electron chi connectivity index (χ1n) is 8.85. The second-order valence-corrected chi connectivity index (χ2v) is 6.66. The molecular weight excluding hydrogens is 298 g/mol. The van der Waals surface area contributed by atoms with Crippen LogP contribution in [-0.4, -0.2) is 30.1 Å². The Kier molecular flexibility index (Phi) is 5.51. The molecule has 1 aliphatic carbocycles. The molecule has 5 nitrogen and oxygen atoms in total. The normalized spacial score (nSPS) is 15.6. The van der Waals surface area contributed by atoms with Crippen LogP contribution in [0, 0.1) is 0 Å². The van der Waals surface area contributed by atoms with E-state index in [1.807, 2.05) is 38.5 Å². The lowest BCUT2D eigenvalue weighted by Gasteiger charge is -2.17. The lowest BCUT2D eigenvalue weighted by atomic mass is 10.1. The molecule has 0 amide bonds. The molecule has 0 spiro atoms. The van der Waals surface area contributed by atoms with Crippen LogP contribution in [0.25, 0.3) is 0 Å². The highest BCUT2D eigenvalue weighted by atomic mass is 15.1. The van der Waals surface area contributed by atoms with Gasteiger partial charge in [-0.15, -0.1) is 0 Å². The first-order valence-corrected chi connectivity index (χ1v) is 8.85. The molecule has 1 aromatic heterocycles. The van der Waals surface area contributed by atoms with Crippen LogP contribution in [0.15, 0.2) is 36.5 Å². The minimum atomic E-state index is 0.537. The summed E-state index contributed by atoms with van der Waals surface area (Å²) in [7, 11) is 4.07. The highest BCUT2D eigenvalue weighted by molar-refractivity contribution is 5.59. The molecule has 128 valence electrons. The van der Waals surface area contributed by atoms with E-state index >= 15 is 0 Å². The van der Waals surface area contributed by atoms with E-state index in [4.69, 9.17) is 0 Å². The van der Waals surface area contributed by atoms with Gasteiger partial charge in [0.25, 0.3) is 0 Å². The smallest absolute Gasteiger partial charge is 0.229 e. The topological polar surface area (TPSA) is 53.1 Å². The van der Waals surface area contributed by atoms with Crippen LogP contribution in [-0.2, 0) is 0 Å². The molecule has 3 rings (SSSR count). The first kappa shape index (κ1) is 16.6. The summed E-state index contributed by atoms with van der Waals surface area (Å²) in [4.78, 5) is 11.0. The fourth-order valence-electron chi connectivity index (χ4n) is 3.10. The van der Waals surface area contributed by atoms with Crippen LogP contribution in [0.5, 0.6) is 0 Å². The largest absolute Gasteiger partial charge is 0.378 e. The van der Waals surface area contributed by atoms with Gasteiger partial charge in [0.1, 0.15) is 5.82 Å². The van der Waals surface area contributed by atoms with Gasteiger partial charge < -0.3 is 15.5 Å². The average Bonchev–Trinajstić information content (AvgIpc) is 2.84. The molecule has 0 atom stereocenters. The SMILES string of the molecule is CN(C)c1ccc(Nc2nccc(NC3CCCCCC3)n2)cc1. The summed E-state index contributed by atoms with van der Waals surface area (Å²) >= 11 is 0. The molecule has 1 heterocycles. The van der Waals surface area contributed by atoms with Gasteiger partial charge >= 0.3 is 0 Å². The Morgan fingerprint density at radius 1 is 0.958 bits per heavy atom. The van der Waals surface area contributed by atoms with Crippen molar-refractivity contribution in [3.05, 3.63) is 36.5 Å². The molecular formula is C19H27N5. The molecule has 24 heavy (non-hydrogen) atoms. The number of rotatable bonds is 5. The van der Waals surface area contributed by atoms with E-state index < -0.39 is 0 Å². The molecule has 1 fully saturated rings. The van der Waals surface area contributed by atoms with Crippen molar-refractivity contribution in [1.82, 2.24) is 9.97 Å². The Labute approximate surface area is 144 Å². The third-order valence-electron chi connectivity index (χ3n) is 4.50. The molecule has 2 aromatic rings. The van der Waals surface area contributed by atoms with Crippen LogP contribution < -0.4 is 15.5 Å². The average molecular weight is 325 g/mol. The van der Waals surface area contributed by atoms with E-state index in [-0.39, 0.29) is 0 Å². The van der Waals surface area contributed by atoms with Gasteiger partial charge in [0.2, 0.25) is 5.95 Å². The van der Waals surface area contributed by atoms with Crippen molar-refractivity contribution in [2.75, 3.05) is 29.6 Å². The van der Waals surface area contributed by atoms with Crippen molar-refractivity contribution in [1.29, 1.82) is 0 Å². The fraction of sp³-hybridized carbons (Fsp3) is 0.474. The molecule has 1 aromatic carbocycles. The van der Waals surface area contributed by atoms with Gasteiger partial charge in [-0.05, 0) is 43.2 Å². The minimum absolute atomic E-state index is 0.537. The Hall–Kier alpha value is -2.30. The summed E-state index contributed by atoms with van der Waals surface area (Å²) in [6.45, 7) is 0. The van der Waals surface area contributed by atoms with Gasteiger partial charge in [0.15, 0.2) is 0 Å². The highest BCUT2D eigenvalue weighted by Gasteiger charge is 2.12. The number of anilines is 4. The van der Waals surface area contributed by atoms with Crippen LogP contribution in [0.4, 0.5) is 23.1 Å². The maximum Gasteiger partial charge on any atom is 0.229 e. The fourth-order valence-corrected chi connectivity index (χ4v) is 3.10. The summed E-state index contributed by atoms with van der Waals surface area (Å²) in [5.41, 5.74) is 2.16. The van der Waals surface area contributed by atoms with Crippen LogP contribution >= 0.6 is 0 Å². The third kappa shape index (κ3) is 4.60. The van der Waals surface area contributed by atoms with Gasteiger partial charge in [-0.1, -0.05) is 25.7 Å². The molecule has 2 N–H and O–H groups in total. The van der Waals surface area contributed by atoms with E-state index in [2.05, 4.69) is 37.6 Å². The molecule has 0 aliphatic heterocycles. The van der Waals surface area contributed by atoms with Gasteiger partial charge in [-0.2, -0.15) is 4.98 Å². The summed E-state index contributed by atoms with van der Waals surface area (Å²) in [6.07, 6.45) is 9.62. The summed E-state index contributed by atoms with van der Waals surface area (Å²) < 4.78 is 0. The van der Waals surface area contributed by atoms with E-state index in [0.29, 0.717) is 12.0 Å². The lowest BCUT2D eigenvalue weighted by molar-refractivity contribution is 0.617. The number of benzene rings is 1. The maximum atomic E-state index is 4.61. The zero-order valence-corrected chi connectivity index (χ0v) is 14.6. The van der Waals surface area contributed by atoms with Gasteiger partial charge in [0, 0.05) is 37.7 Å². The third-order valence-corrected chi connectivity index (χ3v) is 4.50. The van der Waals surface area contributed by atoms with Crippen molar-refractivity contribution in [2.45, 2.75) is 44.6 Å². The van der Waals surface area contributed by atoms with E-state index in [1.165, 1.54) is 44.2 Å². The number of hydrogen-bond acceptors (Lipinski definition) is 5. The van der Waals surface area contributed by atoms with E-state index in [1.54, 1.807) is 0 Å². The zero-order valence-electron chi connectivity index (χ0n) is 14.6. The minimum Gasteiger partial charge on any atom is -0.378 e. The maximum absolute atomic E-state index is 4.61. The van der Waals surface area contributed by atoms with Crippen LogP contribution in [0.2, 0.25) is 0 Å². The van der Waals surface area contributed by atoms with E-state index in [0.717, 1.165) is 11.5 Å². The standard InChI is InChI=1S/C19H27N5/c1-24(2)17-11-9-16(10-12-17)22-19-20-14-13-18(23-19)21-15-7-5-3-4-6-8-15/h9-15H,3-8H2,1-2H3,(H2,20,21,22,23). The Morgan fingerprint density at radius 3 is 2.33 bits per heavy atom. The molecule has 0 unspecified atom stereocenters. The van der Waals surface area contributed by atoms with Crippen molar-refractivity contribution in [3.8, 4) is 0 Å². The number of nitrogens with zero attached hydrogens (tertiary/aromatic N) is 3. The van der Waals surface area contributed by atoms with Gasteiger partial charge in [-0.3, -0.25) is 0 Å². The Bertz CT molecular complexity index is 630. The summed E-state index contributed by atoms with van der Waals surface area (Å²) in [6, 6.07) is 10.7. The first-order chi connectivity index (χ1) is 11.7. The summed E-state index contributed by atoms with van der Waals surface area (Å²) in [5, 5.41) is 6.85. The molecule has 5 heteroatoms. The Morgan fingerprint density at radius 2 is 1.67 bits per heavy atom. The predicted octanol–water partition coefficient (Wildman–Crippen LogP) is 4.42. The van der Waals surface area contributed by atoms with Crippen molar-refractivity contribution < 1.29 is 0 Å². The highest BCUT2D eigenvalue weighted by Crippen LogP contribution is 2.22. The molecule has 1 aliphatic rings. The van der Waals surface area contributed by atoms with Crippen molar-refractivity contribution in [2.24, 2.45) is 0 Å². The Balaban J connectivity index is 1.64. The van der Waals surface area contributed by atoms with Gasteiger partial charge in [-0.25, -0.2) is 4.98 Å². The monoisotopic (exact) mass is 325 g/mol. The van der Waals surface area contributed by atoms with Crippen molar-refractivity contribution >= 4 is 23.1 Å². The summed E-state index contributed by atoms with van der Waals surface area (Å²) in [5.74, 6) is 1.54. The van der Waals surface area contributed by atoms with Crippen LogP contribution in [0.1, 0.15) is 38.5 Å².